The highest BCUT2D eigenvalue weighted by Crippen LogP contribution is 2.42. The van der Waals surface area contributed by atoms with Gasteiger partial charge in [-0.15, -0.1) is 0 Å². The number of anilines is 1. The zero-order valence-corrected chi connectivity index (χ0v) is 15.0. The van der Waals surface area contributed by atoms with E-state index in [0.717, 1.165) is 17.7 Å². The summed E-state index contributed by atoms with van der Waals surface area (Å²) in [6.45, 7) is 0.383. The third-order valence-electron chi connectivity index (χ3n) is 5.10. The third kappa shape index (κ3) is 2.90. The molecule has 2 saturated heterocycles. The van der Waals surface area contributed by atoms with Gasteiger partial charge in [-0.25, -0.2) is 4.90 Å². The summed E-state index contributed by atoms with van der Waals surface area (Å²) < 4.78 is 5.91. The van der Waals surface area contributed by atoms with Crippen molar-refractivity contribution in [3.63, 3.8) is 0 Å². The fourth-order valence-electron chi connectivity index (χ4n) is 3.74. The number of para-hydroxylation sites is 1. The van der Waals surface area contributed by atoms with Gasteiger partial charge in [-0.2, -0.15) is 0 Å². The Morgan fingerprint density at radius 1 is 1.07 bits per heavy atom. The predicted molar refractivity (Wildman–Crippen MR) is 103 cm³/mol. The molecule has 0 saturated carbocycles. The Balaban J connectivity index is 1.83. The van der Waals surface area contributed by atoms with Crippen molar-refractivity contribution in [3.8, 4) is 0 Å². The molecule has 1 unspecified atom stereocenters. The van der Waals surface area contributed by atoms with Gasteiger partial charge in [0.25, 0.3) is 17.5 Å². The molecule has 0 bridgehead atoms. The topological polar surface area (TPSA) is 89.7 Å². The molecule has 0 radical (unpaired) electrons. The van der Waals surface area contributed by atoms with E-state index in [1.54, 1.807) is 48.5 Å². The van der Waals surface area contributed by atoms with Gasteiger partial charge in [0, 0.05) is 18.7 Å². The van der Waals surface area contributed by atoms with Crippen LogP contribution in [0.25, 0.3) is 6.08 Å². The first kappa shape index (κ1) is 18.1. The lowest BCUT2D eigenvalue weighted by atomic mass is 9.86. The zero-order valence-electron chi connectivity index (χ0n) is 15.0. The van der Waals surface area contributed by atoms with Crippen molar-refractivity contribution in [3.05, 3.63) is 75.8 Å². The number of rotatable bonds is 3. The summed E-state index contributed by atoms with van der Waals surface area (Å²) in [5.41, 5.74) is -0.232. The molecule has 0 aromatic heterocycles. The highest BCUT2D eigenvalue weighted by Gasteiger charge is 2.57. The molecule has 0 aliphatic carbocycles. The maximum Gasteiger partial charge on any atom is 0.271 e. The number of amides is 2. The number of benzene rings is 2. The normalized spacial score (nSPS) is 23.6. The standard InChI is InChI=1S/C21H18N2O5/c24-19-18(14-15-7-6-10-17(13-15)23(26)27)21(11-4-5-12-28-21)20(25)22(19)16-8-2-1-3-9-16/h1-3,6-10,13-14H,4-5,11-12H2/b18-14-. The lowest BCUT2D eigenvalue weighted by Gasteiger charge is -2.32. The van der Waals surface area contributed by atoms with Crippen molar-refractivity contribution in [2.45, 2.75) is 24.9 Å². The molecule has 2 fully saturated rings. The Morgan fingerprint density at radius 2 is 1.86 bits per heavy atom. The molecular formula is C21H18N2O5. The summed E-state index contributed by atoms with van der Waals surface area (Å²) in [5.74, 6) is -0.857. The van der Waals surface area contributed by atoms with E-state index in [2.05, 4.69) is 0 Å². The van der Waals surface area contributed by atoms with Gasteiger partial charge >= 0.3 is 0 Å². The Hall–Kier alpha value is -3.32. The van der Waals surface area contributed by atoms with Crippen LogP contribution in [0.15, 0.2) is 60.2 Å². The molecular weight excluding hydrogens is 360 g/mol. The molecule has 2 heterocycles. The van der Waals surface area contributed by atoms with Crippen molar-refractivity contribution < 1.29 is 19.2 Å². The molecule has 28 heavy (non-hydrogen) atoms. The van der Waals surface area contributed by atoms with Crippen LogP contribution in [0.2, 0.25) is 0 Å². The number of nitro benzene ring substituents is 1. The summed E-state index contributed by atoms with van der Waals surface area (Å²) in [4.78, 5) is 38.3. The van der Waals surface area contributed by atoms with E-state index in [1.165, 1.54) is 12.1 Å². The van der Waals surface area contributed by atoms with Crippen molar-refractivity contribution in [2.75, 3.05) is 11.5 Å². The first-order valence-electron chi connectivity index (χ1n) is 9.07. The number of carbonyl (C=O) groups is 2. The van der Waals surface area contributed by atoms with Gasteiger partial charge in [0.15, 0.2) is 5.60 Å². The average molecular weight is 378 g/mol. The lowest BCUT2D eigenvalue weighted by molar-refractivity contribution is -0.384. The first-order chi connectivity index (χ1) is 13.5. The fraction of sp³-hybridized carbons (Fsp3) is 0.238. The van der Waals surface area contributed by atoms with Gasteiger partial charge in [-0.3, -0.25) is 19.7 Å². The number of ether oxygens (including phenoxy) is 1. The van der Waals surface area contributed by atoms with Crippen LogP contribution in [0.5, 0.6) is 0 Å². The Labute approximate surface area is 161 Å². The van der Waals surface area contributed by atoms with Gasteiger partial charge in [-0.05, 0) is 43.0 Å². The van der Waals surface area contributed by atoms with Crippen LogP contribution in [0.3, 0.4) is 0 Å². The van der Waals surface area contributed by atoms with Gasteiger partial charge in [0.05, 0.1) is 16.2 Å². The van der Waals surface area contributed by atoms with Crippen molar-refractivity contribution >= 4 is 29.3 Å². The van der Waals surface area contributed by atoms with Crippen LogP contribution in [0.1, 0.15) is 24.8 Å². The smallest absolute Gasteiger partial charge is 0.271 e. The van der Waals surface area contributed by atoms with E-state index in [9.17, 15) is 19.7 Å². The van der Waals surface area contributed by atoms with Gasteiger partial charge in [0.2, 0.25) is 0 Å². The number of imide groups is 1. The Morgan fingerprint density at radius 3 is 2.54 bits per heavy atom. The molecule has 1 spiro atoms. The largest absolute Gasteiger partial charge is 0.360 e. The van der Waals surface area contributed by atoms with Crippen LogP contribution >= 0.6 is 0 Å². The quantitative estimate of drug-likeness (QED) is 0.353. The molecule has 2 amide bonds. The fourth-order valence-corrected chi connectivity index (χ4v) is 3.74. The molecule has 4 rings (SSSR count). The van der Waals surface area contributed by atoms with Gasteiger partial charge in [0.1, 0.15) is 0 Å². The van der Waals surface area contributed by atoms with Gasteiger partial charge < -0.3 is 4.74 Å². The molecule has 2 aromatic rings. The molecule has 7 nitrogen and oxygen atoms in total. The predicted octanol–water partition coefficient (Wildman–Crippen LogP) is 3.49. The van der Waals surface area contributed by atoms with Crippen molar-refractivity contribution in [1.29, 1.82) is 0 Å². The lowest BCUT2D eigenvalue weighted by Crippen LogP contribution is -2.45. The van der Waals surface area contributed by atoms with Crippen LogP contribution in [-0.2, 0) is 14.3 Å². The molecule has 0 N–H and O–H groups in total. The average Bonchev–Trinajstić information content (AvgIpc) is 2.91. The number of non-ortho nitro benzene ring substituents is 1. The van der Waals surface area contributed by atoms with E-state index < -0.39 is 22.3 Å². The minimum absolute atomic E-state index is 0.0790. The SMILES string of the molecule is O=C1/C(=C/c2cccc([N+](=O)[O-])c2)C2(CCCCO2)C(=O)N1c1ccccc1. The number of hydrogen-bond donors (Lipinski definition) is 0. The maximum atomic E-state index is 13.3. The van der Waals surface area contributed by atoms with Crippen LogP contribution in [0, 0.1) is 10.1 Å². The minimum Gasteiger partial charge on any atom is -0.360 e. The number of nitro groups is 1. The maximum absolute atomic E-state index is 13.3. The Bertz CT molecular complexity index is 977. The molecule has 7 heteroatoms. The molecule has 2 aliphatic rings. The molecule has 2 aliphatic heterocycles. The highest BCUT2D eigenvalue weighted by molar-refractivity contribution is 6.33. The summed E-state index contributed by atoms with van der Waals surface area (Å²) in [7, 11) is 0. The van der Waals surface area contributed by atoms with E-state index in [4.69, 9.17) is 4.74 Å². The van der Waals surface area contributed by atoms with Gasteiger partial charge in [-0.1, -0.05) is 30.3 Å². The summed E-state index contributed by atoms with van der Waals surface area (Å²) >= 11 is 0. The second-order valence-corrected chi connectivity index (χ2v) is 6.82. The monoisotopic (exact) mass is 378 g/mol. The van der Waals surface area contributed by atoms with E-state index >= 15 is 0 Å². The minimum atomic E-state index is -1.34. The first-order valence-corrected chi connectivity index (χ1v) is 9.07. The van der Waals surface area contributed by atoms with Crippen molar-refractivity contribution in [1.82, 2.24) is 0 Å². The molecule has 142 valence electrons. The second kappa shape index (κ2) is 7.01. The van der Waals surface area contributed by atoms with Crippen LogP contribution < -0.4 is 4.90 Å². The highest BCUT2D eigenvalue weighted by atomic mass is 16.6. The summed E-state index contributed by atoms with van der Waals surface area (Å²) in [6.07, 6.45) is 3.52. The van der Waals surface area contributed by atoms with Crippen LogP contribution in [-0.4, -0.2) is 28.9 Å². The number of hydrogen-bond acceptors (Lipinski definition) is 5. The number of nitrogens with zero attached hydrogens (tertiary/aromatic N) is 2. The zero-order chi connectivity index (χ0) is 19.7. The summed E-state index contributed by atoms with van der Waals surface area (Å²) in [5, 5.41) is 11.1. The number of carbonyl (C=O) groups excluding carboxylic acids is 2. The van der Waals surface area contributed by atoms with E-state index in [-0.39, 0.29) is 11.3 Å². The second-order valence-electron chi connectivity index (χ2n) is 6.82. The Kier molecular flexibility index (Phi) is 4.52. The molecule has 1 atom stereocenters. The molecule has 2 aromatic carbocycles. The third-order valence-corrected chi connectivity index (χ3v) is 5.10. The summed E-state index contributed by atoms with van der Waals surface area (Å²) in [6, 6.07) is 14.7. The van der Waals surface area contributed by atoms with Crippen molar-refractivity contribution in [2.24, 2.45) is 0 Å². The van der Waals surface area contributed by atoms with Crippen LogP contribution in [0.4, 0.5) is 11.4 Å². The van der Waals surface area contributed by atoms with E-state index in [1.807, 2.05) is 0 Å². The van der Waals surface area contributed by atoms with E-state index in [0.29, 0.717) is 24.3 Å².